The number of halogens is 4. The van der Waals surface area contributed by atoms with Gasteiger partial charge in [0, 0.05) is 42.5 Å². The van der Waals surface area contributed by atoms with Gasteiger partial charge in [-0.2, -0.15) is 28.2 Å². The Bertz CT molecular complexity index is 2150. The minimum Gasteiger partial charge on any atom is -0.472 e. The molecule has 0 spiro atoms. The highest BCUT2D eigenvalue weighted by Gasteiger charge is 2.49. The predicted octanol–water partition coefficient (Wildman–Crippen LogP) is 7.65. The summed E-state index contributed by atoms with van der Waals surface area (Å²) < 4.78 is 73.1. The molecule has 13 heteroatoms. The number of aryl methyl sites for hydroxylation is 2. The molecule has 0 bridgehead atoms. The number of rotatable bonds is 7. The molecule has 0 unspecified atom stereocenters. The van der Waals surface area contributed by atoms with Crippen molar-refractivity contribution >= 4 is 42.5 Å². The van der Waals surface area contributed by atoms with E-state index >= 15 is 0 Å². The van der Waals surface area contributed by atoms with Crippen molar-refractivity contribution < 1.29 is 27.0 Å². The largest absolute Gasteiger partial charge is 0.472 e. The third-order valence-electron chi connectivity index (χ3n) is 9.38. The second kappa shape index (κ2) is 11.1. The Kier molecular flexibility index (Phi) is 7.10. The first kappa shape index (κ1) is 30.0. The molecule has 242 valence electrons. The number of aromatic nitrogens is 5. The molecule has 0 aliphatic carbocycles. The SMILES string of the molecule is Cc1cc2cnn(C)c2c(-c2nccc3c2sc2nc(OC[C@@]45CCCN4C[C@H](F)C5)nc(OCc4ccccc4)c23)c1C(F)(F)F. The molecule has 0 radical (unpaired) electrons. The highest BCUT2D eigenvalue weighted by molar-refractivity contribution is 7.26. The van der Waals surface area contributed by atoms with E-state index in [0.29, 0.717) is 44.2 Å². The molecule has 4 aromatic heterocycles. The standard InChI is InChI=1S/C34H30F4N6O2S/c1-19-13-21-15-40-43(2)28(21)25(26(19)34(36,37)38)27-29-23(9-11-39-27)24-30(45-17-20-7-4-3-5-8-20)41-32(42-31(24)47-29)46-18-33-10-6-12-44(33)16-22(35)14-33/h3-5,7-9,11,13,15,22H,6,10,12,14,16-18H2,1-2H3/t22-,33+/m1/s1. The molecule has 2 atom stereocenters. The summed E-state index contributed by atoms with van der Waals surface area (Å²) in [5.74, 6) is 0.249. The monoisotopic (exact) mass is 662 g/mol. The molecule has 2 saturated heterocycles. The molecule has 8 nitrogen and oxygen atoms in total. The summed E-state index contributed by atoms with van der Waals surface area (Å²) in [5.41, 5.74) is 0.294. The Hall–Kier alpha value is -4.36. The molecule has 2 fully saturated rings. The zero-order valence-corrected chi connectivity index (χ0v) is 26.5. The minimum absolute atomic E-state index is 0.0386. The van der Waals surface area contributed by atoms with E-state index in [1.54, 1.807) is 19.3 Å². The highest BCUT2D eigenvalue weighted by Crippen LogP contribution is 2.48. The van der Waals surface area contributed by atoms with Gasteiger partial charge < -0.3 is 9.47 Å². The van der Waals surface area contributed by atoms with Gasteiger partial charge in [-0.3, -0.25) is 14.6 Å². The third kappa shape index (κ3) is 5.07. The maximum Gasteiger partial charge on any atom is 0.417 e. The summed E-state index contributed by atoms with van der Waals surface area (Å²) in [6.45, 7) is 3.10. The average Bonchev–Trinajstić information content (AvgIpc) is 3.78. The lowest BCUT2D eigenvalue weighted by Gasteiger charge is -2.30. The number of fused-ring (bicyclic) bond motifs is 5. The molecule has 6 heterocycles. The van der Waals surface area contributed by atoms with Gasteiger partial charge >= 0.3 is 12.2 Å². The zero-order chi connectivity index (χ0) is 32.5. The van der Waals surface area contributed by atoms with Crippen LogP contribution in [-0.2, 0) is 19.8 Å². The highest BCUT2D eigenvalue weighted by atomic mass is 32.1. The van der Waals surface area contributed by atoms with Gasteiger partial charge in [0.15, 0.2) is 0 Å². The van der Waals surface area contributed by atoms with Crippen LogP contribution < -0.4 is 9.47 Å². The van der Waals surface area contributed by atoms with Crippen LogP contribution in [0.4, 0.5) is 17.6 Å². The first-order chi connectivity index (χ1) is 22.6. The maximum atomic E-state index is 14.7. The summed E-state index contributed by atoms with van der Waals surface area (Å²) in [5, 5.41) is 6.03. The first-order valence-corrected chi connectivity index (χ1v) is 16.2. The van der Waals surface area contributed by atoms with Crippen molar-refractivity contribution in [2.75, 3.05) is 19.7 Å². The van der Waals surface area contributed by atoms with Crippen molar-refractivity contribution in [3.63, 3.8) is 0 Å². The van der Waals surface area contributed by atoms with E-state index in [1.807, 2.05) is 30.3 Å². The second-order valence-corrected chi connectivity index (χ2v) is 13.4. The van der Waals surface area contributed by atoms with Crippen LogP contribution in [0.2, 0.25) is 0 Å². The van der Waals surface area contributed by atoms with Crippen molar-refractivity contribution in [2.45, 2.75) is 50.7 Å². The smallest absolute Gasteiger partial charge is 0.417 e. The first-order valence-electron chi connectivity index (χ1n) is 15.4. The Morgan fingerprint density at radius 3 is 2.74 bits per heavy atom. The van der Waals surface area contributed by atoms with Crippen LogP contribution in [0, 0.1) is 6.92 Å². The predicted molar refractivity (Wildman–Crippen MR) is 171 cm³/mol. The summed E-state index contributed by atoms with van der Waals surface area (Å²) in [6, 6.07) is 12.9. The molecule has 8 rings (SSSR count). The van der Waals surface area contributed by atoms with Gasteiger partial charge in [-0.25, -0.2) is 4.39 Å². The number of benzene rings is 2. The molecule has 2 aromatic carbocycles. The normalized spacial score (nSPS) is 20.1. The van der Waals surface area contributed by atoms with Gasteiger partial charge in [-0.1, -0.05) is 30.3 Å². The fourth-order valence-electron chi connectivity index (χ4n) is 7.36. The number of hydrogen-bond acceptors (Lipinski definition) is 8. The summed E-state index contributed by atoms with van der Waals surface area (Å²) in [6.07, 6.45) is -0.305. The van der Waals surface area contributed by atoms with E-state index < -0.39 is 23.5 Å². The number of pyridine rings is 1. The zero-order valence-electron chi connectivity index (χ0n) is 25.6. The lowest BCUT2D eigenvalue weighted by molar-refractivity contribution is -0.137. The quantitative estimate of drug-likeness (QED) is 0.163. The Morgan fingerprint density at radius 2 is 1.94 bits per heavy atom. The average molecular weight is 663 g/mol. The van der Waals surface area contributed by atoms with E-state index in [9.17, 15) is 17.6 Å². The van der Waals surface area contributed by atoms with Crippen molar-refractivity contribution in [1.29, 1.82) is 0 Å². The summed E-state index contributed by atoms with van der Waals surface area (Å²) in [7, 11) is 1.62. The van der Waals surface area contributed by atoms with Gasteiger partial charge in [-0.05, 0) is 49.6 Å². The number of nitrogens with zero attached hydrogens (tertiary/aromatic N) is 6. The fourth-order valence-corrected chi connectivity index (χ4v) is 8.50. The van der Waals surface area contributed by atoms with Crippen LogP contribution in [0.5, 0.6) is 11.9 Å². The van der Waals surface area contributed by atoms with Crippen LogP contribution in [0.15, 0.2) is 54.9 Å². The number of hydrogen-bond donors (Lipinski definition) is 0. The summed E-state index contributed by atoms with van der Waals surface area (Å²) in [4.78, 5) is 16.6. The van der Waals surface area contributed by atoms with Gasteiger partial charge in [-0.15, -0.1) is 11.3 Å². The van der Waals surface area contributed by atoms with Gasteiger partial charge in [0.1, 0.15) is 24.2 Å². The number of thiophene rings is 1. The third-order valence-corrected chi connectivity index (χ3v) is 10.5. The molecular formula is C34H30F4N6O2S. The van der Waals surface area contributed by atoms with Gasteiger partial charge in [0.2, 0.25) is 5.88 Å². The van der Waals surface area contributed by atoms with E-state index in [2.05, 4.69) is 20.0 Å². The van der Waals surface area contributed by atoms with Crippen molar-refractivity contribution in [3.05, 3.63) is 71.5 Å². The van der Waals surface area contributed by atoms with Gasteiger partial charge in [0.05, 0.1) is 38.6 Å². The summed E-state index contributed by atoms with van der Waals surface area (Å²) >= 11 is 1.21. The van der Waals surface area contributed by atoms with E-state index in [0.717, 1.165) is 24.9 Å². The number of alkyl halides is 4. The van der Waals surface area contributed by atoms with Crippen molar-refractivity contribution in [1.82, 2.24) is 29.6 Å². The topological polar surface area (TPSA) is 78.2 Å². The van der Waals surface area contributed by atoms with Crippen molar-refractivity contribution in [3.8, 4) is 23.1 Å². The van der Waals surface area contributed by atoms with Crippen LogP contribution >= 0.6 is 11.3 Å². The Labute approximate surface area is 271 Å². The van der Waals surface area contributed by atoms with Crippen LogP contribution in [0.3, 0.4) is 0 Å². The maximum absolute atomic E-state index is 14.7. The molecule has 6 aromatic rings. The Morgan fingerprint density at radius 1 is 1.11 bits per heavy atom. The van der Waals surface area contributed by atoms with Crippen molar-refractivity contribution in [2.24, 2.45) is 7.05 Å². The minimum atomic E-state index is -4.64. The van der Waals surface area contributed by atoms with E-state index in [4.69, 9.17) is 14.5 Å². The molecule has 47 heavy (non-hydrogen) atoms. The van der Waals surface area contributed by atoms with Crippen LogP contribution in [0.1, 0.15) is 36.0 Å². The van der Waals surface area contributed by atoms with E-state index in [-0.39, 0.29) is 41.9 Å². The van der Waals surface area contributed by atoms with Crippen LogP contribution in [-0.4, -0.2) is 61.0 Å². The second-order valence-electron chi connectivity index (χ2n) is 12.4. The molecule has 2 aliphatic rings. The van der Waals surface area contributed by atoms with Crippen LogP contribution in [0.25, 0.3) is 42.5 Å². The molecule has 0 amide bonds. The van der Waals surface area contributed by atoms with Gasteiger partial charge in [0.25, 0.3) is 0 Å². The molecule has 0 saturated carbocycles. The molecule has 2 aliphatic heterocycles. The number of ether oxygens (including phenoxy) is 2. The lowest BCUT2D eigenvalue weighted by Crippen LogP contribution is -2.43. The Balaban J connectivity index is 1.30. The lowest BCUT2D eigenvalue weighted by atomic mass is 9.95. The van der Waals surface area contributed by atoms with E-state index in [1.165, 1.54) is 35.2 Å². The molecular weight excluding hydrogens is 632 g/mol. The fraction of sp³-hybridized carbons (Fsp3) is 0.353. The molecule has 0 N–H and O–H groups in total.